The molecule has 0 unspecified atom stereocenters. The van der Waals surface area contributed by atoms with E-state index in [1.165, 1.54) is 13.2 Å². The summed E-state index contributed by atoms with van der Waals surface area (Å²) >= 11 is 0. The molecule has 0 heterocycles. The lowest BCUT2D eigenvalue weighted by Crippen LogP contribution is -2.03. The summed E-state index contributed by atoms with van der Waals surface area (Å²) in [6, 6.07) is 7.05. The van der Waals surface area contributed by atoms with Gasteiger partial charge in [0.15, 0.2) is 0 Å². The van der Waals surface area contributed by atoms with Crippen LogP contribution in [0, 0.1) is 11.3 Å². The molecule has 0 aliphatic heterocycles. The van der Waals surface area contributed by atoms with E-state index < -0.39 is 5.97 Å². The van der Waals surface area contributed by atoms with Crippen LogP contribution < -0.4 is 9.47 Å². The van der Waals surface area contributed by atoms with Crippen LogP contribution in [-0.4, -0.2) is 26.3 Å². The highest BCUT2D eigenvalue weighted by molar-refractivity contribution is 5.98. The van der Waals surface area contributed by atoms with E-state index in [0.29, 0.717) is 30.3 Å². The van der Waals surface area contributed by atoms with Gasteiger partial charge in [-0.25, -0.2) is 4.79 Å². The molecule has 0 fully saturated rings. The molecule has 0 radical (unpaired) electrons. The van der Waals surface area contributed by atoms with Gasteiger partial charge in [-0.05, 0) is 38.1 Å². The molecule has 0 atom stereocenters. The molecule has 0 aliphatic carbocycles. The fraction of sp³-hybridized carbons (Fsp3) is 0.333. The van der Waals surface area contributed by atoms with Crippen LogP contribution in [0.2, 0.25) is 0 Å². The first-order valence-corrected chi connectivity index (χ1v) is 6.26. The predicted molar refractivity (Wildman–Crippen MR) is 74.4 cm³/mol. The minimum Gasteiger partial charge on any atom is -0.494 e. The van der Waals surface area contributed by atoms with Crippen LogP contribution in [0.5, 0.6) is 11.5 Å². The number of hydrogen-bond acceptors (Lipinski definition) is 5. The van der Waals surface area contributed by atoms with Gasteiger partial charge in [0.2, 0.25) is 0 Å². The third-order valence-corrected chi connectivity index (χ3v) is 2.42. The highest BCUT2D eigenvalue weighted by Gasteiger charge is 2.11. The van der Waals surface area contributed by atoms with Gasteiger partial charge in [0.25, 0.3) is 0 Å². The molecule has 0 aliphatic rings. The van der Waals surface area contributed by atoms with Crippen molar-refractivity contribution in [1.29, 1.82) is 5.26 Å². The first-order valence-electron chi connectivity index (χ1n) is 6.26. The van der Waals surface area contributed by atoms with Crippen molar-refractivity contribution < 1.29 is 19.0 Å². The number of methoxy groups -OCH3 is 1. The SMILES string of the molecule is CCOc1ccc(OCC)c(/C=C(\C#N)C(=O)OC)c1. The van der Waals surface area contributed by atoms with Gasteiger partial charge in [-0.1, -0.05) is 0 Å². The molecule has 0 bridgehead atoms. The third-order valence-electron chi connectivity index (χ3n) is 2.42. The molecule has 0 amide bonds. The quantitative estimate of drug-likeness (QED) is 0.453. The number of ether oxygens (including phenoxy) is 3. The summed E-state index contributed by atoms with van der Waals surface area (Å²) in [5, 5.41) is 8.99. The zero-order chi connectivity index (χ0) is 15.0. The molecule has 1 aromatic rings. The summed E-state index contributed by atoms with van der Waals surface area (Å²) in [6.07, 6.45) is 1.43. The molecule has 106 valence electrons. The first-order chi connectivity index (χ1) is 9.65. The van der Waals surface area contributed by atoms with Crippen molar-refractivity contribution in [2.45, 2.75) is 13.8 Å². The number of carbonyl (C=O) groups excluding carboxylic acids is 1. The first kappa shape index (κ1) is 15.6. The van der Waals surface area contributed by atoms with Crippen molar-refractivity contribution >= 4 is 12.0 Å². The van der Waals surface area contributed by atoms with E-state index in [0.717, 1.165) is 0 Å². The molecule has 1 aromatic carbocycles. The Labute approximate surface area is 118 Å². The Hall–Kier alpha value is -2.48. The average Bonchev–Trinajstić information content (AvgIpc) is 2.46. The maximum absolute atomic E-state index is 11.4. The summed E-state index contributed by atoms with van der Waals surface area (Å²) in [5.74, 6) is 0.536. The van der Waals surface area contributed by atoms with Crippen LogP contribution in [0.25, 0.3) is 6.08 Å². The maximum Gasteiger partial charge on any atom is 0.348 e. The van der Waals surface area contributed by atoms with Crippen LogP contribution in [0.15, 0.2) is 23.8 Å². The zero-order valence-corrected chi connectivity index (χ0v) is 11.8. The van der Waals surface area contributed by atoms with Crippen molar-refractivity contribution in [2.24, 2.45) is 0 Å². The number of rotatable bonds is 6. The van der Waals surface area contributed by atoms with Crippen LogP contribution in [-0.2, 0) is 9.53 Å². The number of nitrogens with zero attached hydrogens (tertiary/aromatic N) is 1. The molecule has 1 rings (SSSR count). The van der Waals surface area contributed by atoms with E-state index in [-0.39, 0.29) is 5.57 Å². The van der Waals surface area contributed by atoms with Gasteiger partial charge >= 0.3 is 5.97 Å². The van der Waals surface area contributed by atoms with E-state index in [9.17, 15) is 4.79 Å². The summed E-state index contributed by atoms with van der Waals surface area (Å²) in [5.41, 5.74) is 0.502. The number of hydrogen-bond donors (Lipinski definition) is 0. The zero-order valence-electron chi connectivity index (χ0n) is 11.8. The van der Waals surface area contributed by atoms with Gasteiger partial charge in [-0.15, -0.1) is 0 Å². The van der Waals surface area contributed by atoms with E-state index >= 15 is 0 Å². The van der Waals surface area contributed by atoms with E-state index in [1.54, 1.807) is 18.2 Å². The van der Waals surface area contributed by atoms with Gasteiger partial charge < -0.3 is 14.2 Å². The van der Waals surface area contributed by atoms with Crippen molar-refractivity contribution in [2.75, 3.05) is 20.3 Å². The smallest absolute Gasteiger partial charge is 0.348 e. The Balaban J connectivity index is 3.24. The molecular formula is C15H17NO4. The van der Waals surface area contributed by atoms with E-state index in [4.69, 9.17) is 14.7 Å². The number of benzene rings is 1. The van der Waals surface area contributed by atoms with Gasteiger partial charge in [0.1, 0.15) is 23.1 Å². The lowest BCUT2D eigenvalue weighted by Gasteiger charge is -2.10. The van der Waals surface area contributed by atoms with Gasteiger partial charge in [-0.2, -0.15) is 5.26 Å². The van der Waals surface area contributed by atoms with Crippen LogP contribution in [0.3, 0.4) is 0 Å². The molecule has 0 spiro atoms. The molecule has 0 saturated heterocycles. The average molecular weight is 275 g/mol. The lowest BCUT2D eigenvalue weighted by atomic mass is 10.1. The Morgan fingerprint density at radius 1 is 1.30 bits per heavy atom. The molecular weight excluding hydrogens is 258 g/mol. The lowest BCUT2D eigenvalue weighted by molar-refractivity contribution is -0.135. The minimum atomic E-state index is -0.684. The van der Waals surface area contributed by atoms with Crippen molar-refractivity contribution in [3.05, 3.63) is 29.3 Å². The van der Waals surface area contributed by atoms with Crippen LogP contribution in [0.4, 0.5) is 0 Å². The van der Waals surface area contributed by atoms with Gasteiger partial charge in [-0.3, -0.25) is 0 Å². The summed E-state index contributed by atoms with van der Waals surface area (Å²) in [7, 11) is 1.23. The normalized spacial score (nSPS) is 10.6. The second kappa shape index (κ2) is 7.85. The van der Waals surface area contributed by atoms with Gasteiger partial charge in [0.05, 0.1) is 20.3 Å². The number of esters is 1. The maximum atomic E-state index is 11.4. The van der Waals surface area contributed by atoms with Crippen molar-refractivity contribution in [3.63, 3.8) is 0 Å². The molecule has 5 heteroatoms. The largest absolute Gasteiger partial charge is 0.494 e. The third kappa shape index (κ3) is 4.02. The predicted octanol–water partition coefficient (Wildman–Crippen LogP) is 2.56. The summed E-state index contributed by atoms with van der Waals surface area (Å²) in [6.45, 7) is 4.74. The van der Waals surface area contributed by atoms with Crippen molar-refractivity contribution in [3.8, 4) is 17.6 Å². The van der Waals surface area contributed by atoms with Crippen molar-refractivity contribution in [1.82, 2.24) is 0 Å². The van der Waals surface area contributed by atoms with E-state index in [1.807, 2.05) is 19.9 Å². The Bertz CT molecular complexity index is 543. The fourth-order valence-corrected chi connectivity index (χ4v) is 1.59. The summed E-state index contributed by atoms with van der Waals surface area (Å²) < 4.78 is 15.4. The highest BCUT2D eigenvalue weighted by Crippen LogP contribution is 2.26. The van der Waals surface area contributed by atoms with Crippen LogP contribution in [0.1, 0.15) is 19.4 Å². The minimum absolute atomic E-state index is 0.0953. The topological polar surface area (TPSA) is 68.5 Å². The van der Waals surface area contributed by atoms with Crippen LogP contribution >= 0.6 is 0 Å². The molecule has 5 nitrogen and oxygen atoms in total. The molecule has 0 N–H and O–H groups in total. The molecule has 0 aromatic heterocycles. The Kier molecular flexibility index (Phi) is 6.11. The second-order valence-corrected chi connectivity index (χ2v) is 3.73. The Morgan fingerprint density at radius 3 is 2.55 bits per heavy atom. The number of carbonyl (C=O) groups is 1. The highest BCUT2D eigenvalue weighted by atomic mass is 16.5. The Morgan fingerprint density at radius 2 is 2.00 bits per heavy atom. The fourth-order valence-electron chi connectivity index (χ4n) is 1.59. The number of nitriles is 1. The standard InChI is InChI=1S/C15H17NO4/c1-4-19-13-6-7-14(20-5-2)11(9-13)8-12(10-16)15(17)18-3/h6-9H,4-5H2,1-3H3/b12-8+. The van der Waals surface area contributed by atoms with E-state index in [2.05, 4.69) is 4.74 Å². The second-order valence-electron chi connectivity index (χ2n) is 3.73. The summed E-state index contributed by atoms with van der Waals surface area (Å²) in [4.78, 5) is 11.4. The monoisotopic (exact) mass is 275 g/mol. The molecule has 20 heavy (non-hydrogen) atoms. The van der Waals surface area contributed by atoms with Gasteiger partial charge in [0, 0.05) is 5.56 Å². The molecule has 0 saturated carbocycles.